The second-order valence-corrected chi connectivity index (χ2v) is 14.8. The van der Waals surface area contributed by atoms with Crippen LogP contribution >= 0.6 is 11.3 Å². The van der Waals surface area contributed by atoms with Gasteiger partial charge in [0.25, 0.3) is 11.8 Å². The molecule has 44 heavy (non-hydrogen) atoms. The number of ether oxygens (including phenoxy) is 1. The van der Waals surface area contributed by atoms with Crippen molar-refractivity contribution < 1.29 is 14.3 Å². The average Bonchev–Trinajstić information content (AvgIpc) is 3.60. The van der Waals surface area contributed by atoms with Gasteiger partial charge in [-0.3, -0.25) is 14.5 Å². The van der Waals surface area contributed by atoms with E-state index in [0.29, 0.717) is 30.3 Å². The van der Waals surface area contributed by atoms with Crippen molar-refractivity contribution in [2.24, 2.45) is 17.8 Å². The van der Waals surface area contributed by atoms with Crippen molar-refractivity contribution in [1.82, 2.24) is 14.8 Å². The van der Waals surface area contributed by atoms with E-state index in [9.17, 15) is 9.59 Å². The van der Waals surface area contributed by atoms with Gasteiger partial charge in [-0.15, -0.1) is 11.3 Å². The van der Waals surface area contributed by atoms with Crippen LogP contribution in [0.25, 0.3) is 0 Å². The zero-order chi connectivity index (χ0) is 30.4. The fourth-order valence-electron chi connectivity index (χ4n) is 7.35. The molecule has 0 spiro atoms. The van der Waals surface area contributed by atoms with Crippen LogP contribution in [0.1, 0.15) is 52.8 Å². The molecular formula is C35H43N5O3S. The third-order valence-corrected chi connectivity index (χ3v) is 11.0. The highest BCUT2D eigenvalue weighted by Gasteiger charge is 2.57. The van der Waals surface area contributed by atoms with Gasteiger partial charge in [0.2, 0.25) is 0 Å². The van der Waals surface area contributed by atoms with E-state index in [1.807, 2.05) is 45.6 Å². The Morgan fingerprint density at radius 3 is 2.36 bits per heavy atom. The van der Waals surface area contributed by atoms with Crippen molar-refractivity contribution in [2.75, 3.05) is 68.8 Å². The number of aromatic nitrogens is 1. The molecule has 0 N–H and O–H groups in total. The standard InChI is InChI=1S/C35H43N5O3S/c1-35(2,3)25-8-6-24(7-9-25)33(41)39-21-28-29(22-39)30(28)23-40(34(42)31-5-4-18-44-31)26-10-11-32(36-19-26)38-13-12-27(20-38)37-14-16-43-17-15-37/h4-11,18-19,27-30H,12-17,20-23H2,1-3H3. The maximum atomic E-state index is 13.7. The number of hydrogen-bond acceptors (Lipinski definition) is 7. The molecule has 3 saturated heterocycles. The Morgan fingerprint density at radius 2 is 1.73 bits per heavy atom. The number of pyridine rings is 1. The quantitative estimate of drug-likeness (QED) is 0.373. The lowest BCUT2D eigenvalue weighted by Gasteiger charge is -2.32. The predicted octanol–water partition coefficient (Wildman–Crippen LogP) is 5.02. The second-order valence-electron chi connectivity index (χ2n) is 13.8. The normalized spacial score (nSPS) is 25.2. The molecule has 0 radical (unpaired) electrons. The van der Waals surface area contributed by atoms with Crippen molar-refractivity contribution in [2.45, 2.75) is 38.6 Å². The van der Waals surface area contributed by atoms with Crippen molar-refractivity contribution in [1.29, 1.82) is 0 Å². The molecule has 7 rings (SSSR count). The number of nitrogens with zero attached hydrogens (tertiary/aromatic N) is 5. The Balaban J connectivity index is 1.00. The maximum absolute atomic E-state index is 13.7. The molecule has 3 atom stereocenters. The number of carbonyl (C=O) groups excluding carboxylic acids is 2. The van der Waals surface area contributed by atoms with Crippen LogP contribution in [0.3, 0.4) is 0 Å². The van der Waals surface area contributed by atoms with Crippen LogP contribution in [-0.4, -0.2) is 91.7 Å². The minimum atomic E-state index is 0.0277. The topological polar surface area (TPSA) is 69.2 Å². The summed E-state index contributed by atoms with van der Waals surface area (Å²) in [7, 11) is 0. The number of thiophene rings is 1. The first kappa shape index (κ1) is 29.4. The van der Waals surface area contributed by atoms with Crippen molar-refractivity contribution in [3.8, 4) is 0 Å². The Morgan fingerprint density at radius 1 is 0.977 bits per heavy atom. The molecule has 3 unspecified atom stereocenters. The van der Waals surface area contributed by atoms with E-state index in [2.05, 4.69) is 54.8 Å². The molecule has 0 bridgehead atoms. The molecule has 1 aromatic carbocycles. The minimum Gasteiger partial charge on any atom is -0.379 e. The van der Waals surface area contributed by atoms with Gasteiger partial charge < -0.3 is 19.4 Å². The van der Waals surface area contributed by atoms with E-state index in [1.165, 1.54) is 16.9 Å². The number of hydrogen-bond donors (Lipinski definition) is 0. The molecule has 4 aliphatic rings. The van der Waals surface area contributed by atoms with Gasteiger partial charge in [-0.05, 0) is 70.9 Å². The van der Waals surface area contributed by atoms with Gasteiger partial charge in [-0.1, -0.05) is 39.0 Å². The molecule has 4 fully saturated rings. The number of carbonyl (C=O) groups is 2. The first-order valence-electron chi connectivity index (χ1n) is 16.0. The maximum Gasteiger partial charge on any atom is 0.268 e. The number of likely N-dealkylation sites (tertiary alicyclic amines) is 1. The number of morpholine rings is 1. The lowest BCUT2D eigenvalue weighted by Crippen LogP contribution is -2.44. The van der Waals surface area contributed by atoms with E-state index in [1.54, 1.807) is 0 Å². The lowest BCUT2D eigenvalue weighted by molar-refractivity contribution is 0.0209. The first-order valence-corrected chi connectivity index (χ1v) is 16.9. The molecule has 9 heteroatoms. The second kappa shape index (κ2) is 11.9. The Kier molecular flexibility index (Phi) is 7.97. The molecule has 3 aromatic rings. The van der Waals surface area contributed by atoms with Gasteiger partial charge in [0, 0.05) is 57.4 Å². The molecule has 232 valence electrons. The molecular weight excluding hydrogens is 570 g/mol. The highest BCUT2D eigenvalue weighted by atomic mass is 32.1. The van der Waals surface area contributed by atoms with Crippen LogP contribution in [0, 0.1) is 17.8 Å². The third-order valence-electron chi connectivity index (χ3n) is 10.1. The van der Waals surface area contributed by atoms with Gasteiger partial charge >= 0.3 is 0 Å². The van der Waals surface area contributed by atoms with E-state index in [-0.39, 0.29) is 17.2 Å². The first-order chi connectivity index (χ1) is 21.3. The van der Waals surface area contributed by atoms with Crippen LogP contribution in [0.4, 0.5) is 11.5 Å². The Labute approximate surface area is 264 Å². The highest BCUT2D eigenvalue weighted by molar-refractivity contribution is 7.12. The highest BCUT2D eigenvalue weighted by Crippen LogP contribution is 2.52. The lowest BCUT2D eigenvalue weighted by atomic mass is 9.86. The number of rotatable bonds is 7. The van der Waals surface area contributed by atoms with Gasteiger partial charge in [0.1, 0.15) is 5.82 Å². The SMILES string of the molecule is CC(C)(C)c1ccc(C(=O)N2CC3C(C2)C3CN(C(=O)c2cccs2)c2ccc(N3CCC(N4CCOCC4)C3)nc2)cc1. The fraction of sp³-hybridized carbons (Fsp3) is 0.514. The molecule has 1 saturated carbocycles. The summed E-state index contributed by atoms with van der Waals surface area (Å²) in [5.74, 6) is 2.36. The van der Waals surface area contributed by atoms with Crippen LogP contribution in [0.2, 0.25) is 0 Å². The molecule has 1 aliphatic carbocycles. The number of piperidine rings is 1. The number of benzene rings is 1. The minimum absolute atomic E-state index is 0.0277. The summed E-state index contributed by atoms with van der Waals surface area (Å²) in [6, 6.07) is 16.6. The zero-order valence-corrected chi connectivity index (χ0v) is 26.8. The van der Waals surface area contributed by atoms with E-state index in [4.69, 9.17) is 9.72 Å². The summed E-state index contributed by atoms with van der Waals surface area (Å²) in [5.41, 5.74) is 2.89. The fourth-order valence-corrected chi connectivity index (χ4v) is 8.02. The third kappa shape index (κ3) is 5.89. The van der Waals surface area contributed by atoms with Crippen LogP contribution in [-0.2, 0) is 10.2 Å². The van der Waals surface area contributed by atoms with E-state index >= 15 is 0 Å². The summed E-state index contributed by atoms with van der Waals surface area (Å²) < 4.78 is 5.54. The summed E-state index contributed by atoms with van der Waals surface area (Å²) in [5, 5.41) is 1.95. The zero-order valence-electron chi connectivity index (χ0n) is 26.0. The number of anilines is 2. The van der Waals surface area contributed by atoms with Gasteiger partial charge in [0.15, 0.2) is 0 Å². The summed E-state index contributed by atoms with van der Waals surface area (Å²) in [6.45, 7) is 14.3. The molecule has 3 aliphatic heterocycles. The molecule has 8 nitrogen and oxygen atoms in total. The van der Waals surface area contributed by atoms with Crippen molar-refractivity contribution in [3.05, 3.63) is 76.1 Å². The molecule has 5 heterocycles. The van der Waals surface area contributed by atoms with Crippen LogP contribution < -0.4 is 9.80 Å². The smallest absolute Gasteiger partial charge is 0.268 e. The summed E-state index contributed by atoms with van der Waals surface area (Å²) in [4.78, 5) is 41.4. The van der Waals surface area contributed by atoms with Crippen LogP contribution in [0.15, 0.2) is 60.1 Å². The van der Waals surface area contributed by atoms with E-state index in [0.717, 1.165) is 80.8 Å². The Bertz CT molecular complexity index is 1450. The largest absolute Gasteiger partial charge is 0.379 e. The number of amides is 2. The molecule has 2 amide bonds. The monoisotopic (exact) mass is 613 g/mol. The van der Waals surface area contributed by atoms with Crippen molar-refractivity contribution >= 4 is 34.7 Å². The van der Waals surface area contributed by atoms with Gasteiger partial charge in [0.05, 0.1) is 30.0 Å². The van der Waals surface area contributed by atoms with E-state index < -0.39 is 0 Å². The van der Waals surface area contributed by atoms with Gasteiger partial charge in [-0.2, -0.15) is 0 Å². The molecule has 2 aromatic heterocycles. The average molecular weight is 614 g/mol. The van der Waals surface area contributed by atoms with Crippen molar-refractivity contribution in [3.63, 3.8) is 0 Å². The predicted molar refractivity (Wildman–Crippen MR) is 175 cm³/mol. The van der Waals surface area contributed by atoms with Gasteiger partial charge in [-0.25, -0.2) is 4.98 Å². The van der Waals surface area contributed by atoms with Crippen LogP contribution in [0.5, 0.6) is 0 Å². The number of fused-ring (bicyclic) bond motifs is 1. The Hall–Kier alpha value is -3.27. The summed E-state index contributed by atoms with van der Waals surface area (Å²) in [6.07, 6.45) is 3.01. The summed E-state index contributed by atoms with van der Waals surface area (Å²) >= 11 is 1.48.